The number of hydrogen-bond acceptors (Lipinski definition) is 4. The number of carbonyl (C=O) groups is 1. The molecule has 0 aromatic heterocycles. The van der Waals surface area contributed by atoms with E-state index >= 15 is 0 Å². The number of nitrogens with two attached hydrogens (primary N) is 1. The molecule has 1 aliphatic rings. The highest BCUT2D eigenvalue weighted by molar-refractivity contribution is 5.89. The first-order valence-electron chi connectivity index (χ1n) is 6.34. The maximum atomic E-state index is 11.5. The van der Waals surface area contributed by atoms with Crippen molar-refractivity contribution in [3.05, 3.63) is 35.4 Å². The minimum absolute atomic E-state index is 0. The Morgan fingerprint density at radius 1 is 1.53 bits per heavy atom. The summed E-state index contributed by atoms with van der Waals surface area (Å²) in [4.78, 5) is 13.8. The van der Waals surface area contributed by atoms with Crippen LogP contribution in [-0.2, 0) is 11.3 Å². The fourth-order valence-electron chi connectivity index (χ4n) is 2.41. The summed E-state index contributed by atoms with van der Waals surface area (Å²) in [5, 5.41) is 0. The van der Waals surface area contributed by atoms with Crippen LogP contribution in [0.2, 0.25) is 0 Å². The number of nitrogens with zero attached hydrogens (tertiary/aromatic N) is 1. The molecule has 0 saturated carbocycles. The molecular formula is C14H21ClN2O2. The number of hydrogen-bond donors (Lipinski definition) is 1. The van der Waals surface area contributed by atoms with Crippen LogP contribution in [-0.4, -0.2) is 37.1 Å². The SMILES string of the molecule is COC(=O)c1cccc(CN2CCCC(N)C2)c1.Cl. The van der Waals surface area contributed by atoms with Gasteiger partial charge in [0.2, 0.25) is 0 Å². The predicted octanol–water partition coefficient (Wildman–Crippen LogP) is 1.82. The topological polar surface area (TPSA) is 55.6 Å². The van der Waals surface area contributed by atoms with E-state index in [0.717, 1.165) is 38.0 Å². The second-order valence-corrected chi connectivity index (χ2v) is 4.83. The van der Waals surface area contributed by atoms with E-state index in [9.17, 15) is 4.79 Å². The van der Waals surface area contributed by atoms with Crippen LogP contribution < -0.4 is 5.73 Å². The largest absolute Gasteiger partial charge is 0.465 e. The third-order valence-electron chi connectivity index (χ3n) is 3.30. The number of carbonyl (C=O) groups excluding carboxylic acids is 1. The van der Waals surface area contributed by atoms with Crippen LogP contribution in [0.5, 0.6) is 0 Å². The Balaban J connectivity index is 0.00000180. The fraction of sp³-hybridized carbons (Fsp3) is 0.500. The molecule has 19 heavy (non-hydrogen) atoms. The van der Waals surface area contributed by atoms with Crippen molar-refractivity contribution < 1.29 is 9.53 Å². The zero-order chi connectivity index (χ0) is 13.0. The van der Waals surface area contributed by atoms with E-state index in [0.29, 0.717) is 5.56 Å². The molecule has 0 amide bonds. The van der Waals surface area contributed by atoms with E-state index in [1.807, 2.05) is 18.2 Å². The minimum Gasteiger partial charge on any atom is -0.465 e. The summed E-state index contributed by atoms with van der Waals surface area (Å²) >= 11 is 0. The van der Waals surface area contributed by atoms with E-state index in [1.165, 1.54) is 7.11 Å². The van der Waals surface area contributed by atoms with Gasteiger partial charge in [-0.15, -0.1) is 12.4 Å². The van der Waals surface area contributed by atoms with Crippen molar-refractivity contribution in [3.63, 3.8) is 0 Å². The van der Waals surface area contributed by atoms with Gasteiger partial charge in [0, 0.05) is 19.1 Å². The van der Waals surface area contributed by atoms with Gasteiger partial charge in [0.05, 0.1) is 12.7 Å². The number of piperidine rings is 1. The van der Waals surface area contributed by atoms with Crippen LogP contribution in [0.3, 0.4) is 0 Å². The Hall–Kier alpha value is -1.10. The zero-order valence-corrected chi connectivity index (χ0v) is 12.0. The average Bonchev–Trinajstić information content (AvgIpc) is 2.38. The lowest BCUT2D eigenvalue weighted by Crippen LogP contribution is -2.42. The van der Waals surface area contributed by atoms with E-state index in [-0.39, 0.29) is 24.4 Å². The number of ether oxygens (including phenoxy) is 1. The molecule has 2 rings (SSSR count). The Kier molecular flexibility index (Phi) is 6.28. The zero-order valence-electron chi connectivity index (χ0n) is 11.2. The summed E-state index contributed by atoms with van der Waals surface area (Å²) in [6.45, 7) is 2.86. The fourth-order valence-corrected chi connectivity index (χ4v) is 2.41. The molecular weight excluding hydrogens is 264 g/mol. The molecule has 4 nitrogen and oxygen atoms in total. The van der Waals surface area contributed by atoms with Crippen molar-refractivity contribution in [1.29, 1.82) is 0 Å². The van der Waals surface area contributed by atoms with Crippen LogP contribution >= 0.6 is 12.4 Å². The van der Waals surface area contributed by atoms with Gasteiger partial charge in [0.1, 0.15) is 0 Å². The quantitative estimate of drug-likeness (QED) is 0.860. The van der Waals surface area contributed by atoms with Crippen LogP contribution in [0, 0.1) is 0 Å². The van der Waals surface area contributed by atoms with Crippen molar-refractivity contribution in [2.45, 2.75) is 25.4 Å². The molecule has 106 valence electrons. The van der Waals surface area contributed by atoms with Crippen molar-refractivity contribution in [2.75, 3.05) is 20.2 Å². The molecule has 1 aromatic carbocycles. The summed E-state index contributed by atoms with van der Waals surface area (Å²) in [6, 6.07) is 7.88. The van der Waals surface area contributed by atoms with Crippen LogP contribution in [0.1, 0.15) is 28.8 Å². The Morgan fingerprint density at radius 2 is 2.32 bits per heavy atom. The molecule has 1 fully saturated rings. The summed E-state index contributed by atoms with van der Waals surface area (Å²) in [6.07, 6.45) is 2.26. The number of benzene rings is 1. The van der Waals surface area contributed by atoms with Gasteiger partial charge in [-0.2, -0.15) is 0 Å². The second-order valence-electron chi connectivity index (χ2n) is 4.83. The molecule has 0 radical (unpaired) electrons. The van der Waals surface area contributed by atoms with Gasteiger partial charge >= 0.3 is 5.97 Å². The monoisotopic (exact) mass is 284 g/mol. The maximum Gasteiger partial charge on any atom is 0.337 e. The molecule has 1 unspecified atom stereocenters. The van der Waals surface area contributed by atoms with Crippen LogP contribution in [0.25, 0.3) is 0 Å². The first-order valence-corrected chi connectivity index (χ1v) is 6.34. The molecule has 5 heteroatoms. The number of halogens is 1. The summed E-state index contributed by atoms with van der Waals surface area (Å²) < 4.78 is 4.73. The van der Waals surface area contributed by atoms with Gasteiger partial charge in [0.15, 0.2) is 0 Å². The highest BCUT2D eigenvalue weighted by Crippen LogP contribution is 2.14. The summed E-state index contributed by atoms with van der Waals surface area (Å²) in [7, 11) is 1.40. The molecule has 1 heterocycles. The Morgan fingerprint density at radius 3 is 3.00 bits per heavy atom. The van der Waals surface area contributed by atoms with E-state index in [2.05, 4.69) is 4.90 Å². The van der Waals surface area contributed by atoms with E-state index in [4.69, 9.17) is 10.5 Å². The third-order valence-corrected chi connectivity index (χ3v) is 3.30. The highest BCUT2D eigenvalue weighted by Gasteiger charge is 2.17. The van der Waals surface area contributed by atoms with Crippen molar-refractivity contribution >= 4 is 18.4 Å². The summed E-state index contributed by atoms with van der Waals surface area (Å²) in [5.41, 5.74) is 7.70. The standard InChI is InChI=1S/C14H20N2O2.ClH/c1-18-14(17)12-5-2-4-11(8-12)9-16-7-3-6-13(15)10-16;/h2,4-5,8,13H,3,6-7,9-10,15H2,1H3;1H. The lowest BCUT2D eigenvalue weighted by Gasteiger charge is -2.30. The van der Waals surface area contributed by atoms with Gasteiger partial charge in [0.25, 0.3) is 0 Å². The maximum absolute atomic E-state index is 11.5. The first kappa shape index (κ1) is 16.0. The normalized spacial score (nSPS) is 19.6. The van der Waals surface area contributed by atoms with E-state index in [1.54, 1.807) is 6.07 Å². The lowest BCUT2D eigenvalue weighted by atomic mass is 10.0. The highest BCUT2D eigenvalue weighted by atomic mass is 35.5. The molecule has 0 spiro atoms. The van der Waals surface area contributed by atoms with Gasteiger partial charge in [-0.05, 0) is 37.1 Å². The smallest absolute Gasteiger partial charge is 0.337 e. The first-order chi connectivity index (χ1) is 8.69. The number of methoxy groups -OCH3 is 1. The van der Waals surface area contributed by atoms with Gasteiger partial charge < -0.3 is 10.5 Å². The molecule has 1 aromatic rings. The molecule has 1 saturated heterocycles. The van der Waals surface area contributed by atoms with Gasteiger partial charge in [-0.3, -0.25) is 4.90 Å². The second kappa shape index (κ2) is 7.48. The van der Waals surface area contributed by atoms with Crippen molar-refractivity contribution in [2.24, 2.45) is 5.73 Å². The van der Waals surface area contributed by atoms with Crippen LogP contribution in [0.4, 0.5) is 0 Å². The third kappa shape index (κ3) is 4.49. The molecule has 1 aliphatic heterocycles. The Bertz CT molecular complexity index is 426. The molecule has 2 N–H and O–H groups in total. The number of likely N-dealkylation sites (tertiary alicyclic amines) is 1. The average molecular weight is 285 g/mol. The summed E-state index contributed by atoms with van der Waals surface area (Å²) in [5.74, 6) is -0.285. The lowest BCUT2D eigenvalue weighted by molar-refractivity contribution is 0.0600. The van der Waals surface area contributed by atoms with Crippen molar-refractivity contribution in [3.8, 4) is 0 Å². The number of esters is 1. The van der Waals surface area contributed by atoms with Gasteiger partial charge in [-0.25, -0.2) is 4.79 Å². The molecule has 0 bridgehead atoms. The molecule has 1 atom stereocenters. The van der Waals surface area contributed by atoms with Gasteiger partial charge in [-0.1, -0.05) is 12.1 Å². The van der Waals surface area contributed by atoms with Crippen molar-refractivity contribution in [1.82, 2.24) is 4.90 Å². The van der Waals surface area contributed by atoms with E-state index < -0.39 is 0 Å². The number of rotatable bonds is 3. The Labute approximate surface area is 120 Å². The van der Waals surface area contributed by atoms with Crippen LogP contribution in [0.15, 0.2) is 24.3 Å². The predicted molar refractivity (Wildman–Crippen MR) is 77.5 cm³/mol. The minimum atomic E-state index is -0.285. The molecule has 0 aliphatic carbocycles.